The number of hydrogen-bond donors (Lipinski definition) is 2. The lowest BCUT2D eigenvalue weighted by atomic mass is 10.1. The zero-order valence-corrected chi connectivity index (χ0v) is 14.2. The number of hydrogen-bond acceptors (Lipinski definition) is 5. The molecule has 3 atom stereocenters. The molecular formula is C11H11BrF2IN3O3. The van der Waals surface area contributed by atoms with Crippen LogP contribution < -0.4 is 11.4 Å². The number of ether oxygens (including phenoxy) is 1. The first-order valence-corrected chi connectivity index (χ1v) is 8.19. The molecule has 0 radical (unpaired) electrons. The SMILES string of the molecule is Nc1nc(=O)n([C@@H]2O[C@H](CI)[C@@H](O)C2(F)F)cc1/C=C/Br. The Morgan fingerprint density at radius 2 is 2.33 bits per heavy atom. The van der Waals surface area contributed by atoms with E-state index in [1.165, 1.54) is 11.1 Å². The lowest BCUT2D eigenvalue weighted by Crippen LogP contribution is -2.41. The van der Waals surface area contributed by atoms with Gasteiger partial charge in [0, 0.05) is 16.2 Å². The molecule has 1 saturated heterocycles. The predicted octanol–water partition coefficient (Wildman–Crippen LogP) is 1.52. The largest absolute Gasteiger partial charge is 0.384 e. The molecule has 0 aromatic carbocycles. The lowest BCUT2D eigenvalue weighted by Gasteiger charge is -2.21. The molecule has 0 bridgehead atoms. The van der Waals surface area contributed by atoms with Gasteiger partial charge in [0.2, 0.25) is 6.23 Å². The second-order valence-corrected chi connectivity index (χ2v) is 5.77. The molecule has 1 aliphatic rings. The van der Waals surface area contributed by atoms with Gasteiger partial charge in [0.15, 0.2) is 0 Å². The van der Waals surface area contributed by atoms with Gasteiger partial charge < -0.3 is 15.6 Å². The lowest BCUT2D eigenvalue weighted by molar-refractivity contribution is -0.140. The molecule has 10 heteroatoms. The van der Waals surface area contributed by atoms with Gasteiger partial charge in [0.05, 0.1) is 0 Å². The molecule has 0 spiro atoms. The highest BCUT2D eigenvalue weighted by atomic mass is 127. The van der Waals surface area contributed by atoms with Crippen LogP contribution in [0, 0.1) is 0 Å². The summed E-state index contributed by atoms with van der Waals surface area (Å²) in [4.78, 5) is 16.8. The first-order chi connectivity index (χ1) is 9.82. The summed E-state index contributed by atoms with van der Waals surface area (Å²) in [5.41, 5.74) is 4.86. The molecule has 0 amide bonds. The van der Waals surface area contributed by atoms with Gasteiger partial charge >= 0.3 is 11.6 Å². The Balaban J connectivity index is 2.51. The number of aromatic nitrogens is 2. The fraction of sp³-hybridized carbons (Fsp3) is 0.455. The first-order valence-electron chi connectivity index (χ1n) is 5.75. The maximum atomic E-state index is 14.1. The quantitative estimate of drug-likeness (QED) is 0.509. The van der Waals surface area contributed by atoms with Crippen molar-refractivity contribution in [1.29, 1.82) is 0 Å². The van der Waals surface area contributed by atoms with Crippen LogP contribution >= 0.6 is 38.5 Å². The van der Waals surface area contributed by atoms with Crippen LogP contribution in [0.15, 0.2) is 16.0 Å². The number of halogens is 4. The number of rotatable bonds is 3. The fourth-order valence-electron chi connectivity index (χ4n) is 1.96. The van der Waals surface area contributed by atoms with E-state index in [2.05, 4.69) is 20.9 Å². The van der Waals surface area contributed by atoms with Crippen LogP contribution in [0.1, 0.15) is 11.8 Å². The number of aliphatic hydroxyl groups excluding tert-OH is 1. The molecule has 2 rings (SSSR count). The van der Waals surface area contributed by atoms with E-state index in [0.29, 0.717) is 4.57 Å². The number of alkyl halides is 3. The van der Waals surface area contributed by atoms with Gasteiger partial charge in [0.1, 0.15) is 18.0 Å². The van der Waals surface area contributed by atoms with Crippen LogP contribution in [-0.2, 0) is 4.74 Å². The molecule has 2 heterocycles. The third-order valence-electron chi connectivity index (χ3n) is 3.04. The predicted molar refractivity (Wildman–Crippen MR) is 84.6 cm³/mol. The van der Waals surface area contributed by atoms with E-state index >= 15 is 0 Å². The van der Waals surface area contributed by atoms with E-state index in [4.69, 9.17) is 10.5 Å². The van der Waals surface area contributed by atoms with Gasteiger partial charge in [-0.05, 0) is 11.1 Å². The van der Waals surface area contributed by atoms with Gasteiger partial charge in [-0.2, -0.15) is 13.8 Å². The number of nitrogens with two attached hydrogens (primary N) is 1. The monoisotopic (exact) mass is 477 g/mol. The van der Waals surface area contributed by atoms with Crippen molar-refractivity contribution < 1.29 is 18.6 Å². The highest BCUT2D eigenvalue weighted by molar-refractivity contribution is 14.1. The van der Waals surface area contributed by atoms with Crippen molar-refractivity contribution in [2.75, 3.05) is 10.2 Å². The highest BCUT2D eigenvalue weighted by Gasteiger charge is 2.59. The zero-order chi connectivity index (χ0) is 15.8. The summed E-state index contributed by atoms with van der Waals surface area (Å²) in [6.45, 7) is 0. The molecule has 21 heavy (non-hydrogen) atoms. The van der Waals surface area contributed by atoms with Crippen LogP contribution in [0.5, 0.6) is 0 Å². The molecular weight excluding hydrogens is 467 g/mol. The van der Waals surface area contributed by atoms with E-state index in [-0.39, 0.29) is 15.8 Å². The zero-order valence-electron chi connectivity index (χ0n) is 10.4. The molecule has 0 unspecified atom stereocenters. The standard InChI is InChI=1S/C11H11BrF2IN3O3/c12-2-1-5-4-18(10(20)17-8(5)16)9-11(13,14)7(19)6(3-15)21-9/h1-2,4,6-7,9,19H,3H2,(H2,16,17,20)/b2-1+/t6-,7-,9-/m1/s1. The number of nitrogens with zero attached hydrogens (tertiary/aromatic N) is 2. The van der Waals surface area contributed by atoms with E-state index in [0.717, 1.165) is 6.20 Å². The summed E-state index contributed by atoms with van der Waals surface area (Å²) in [6.07, 6.45) is -2.39. The molecule has 0 saturated carbocycles. The van der Waals surface area contributed by atoms with Gasteiger partial charge in [0.25, 0.3) is 0 Å². The van der Waals surface area contributed by atoms with Gasteiger partial charge in [-0.15, -0.1) is 0 Å². The molecule has 1 aliphatic heterocycles. The smallest absolute Gasteiger partial charge is 0.351 e. The molecule has 1 aromatic rings. The third kappa shape index (κ3) is 2.98. The van der Waals surface area contributed by atoms with Crippen molar-refractivity contribution in [3.8, 4) is 0 Å². The summed E-state index contributed by atoms with van der Waals surface area (Å²) in [5.74, 6) is -3.69. The Kier molecular flexibility index (Phi) is 5.00. The minimum Gasteiger partial charge on any atom is -0.384 e. The Labute approximate surface area is 140 Å². The summed E-state index contributed by atoms with van der Waals surface area (Å²) >= 11 is 4.85. The molecule has 0 aliphatic carbocycles. The van der Waals surface area contributed by atoms with E-state index in [1.54, 1.807) is 0 Å². The van der Waals surface area contributed by atoms with E-state index < -0.39 is 30.0 Å². The second kappa shape index (κ2) is 6.26. The van der Waals surface area contributed by atoms with Gasteiger partial charge in [-0.25, -0.2) is 4.79 Å². The molecule has 1 aromatic heterocycles. The van der Waals surface area contributed by atoms with Crippen molar-refractivity contribution in [1.82, 2.24) is 9.55 Å². The fourth-order valence-corrected chi connectivity index (χ4v) is 2.93. The Morgan fingerprint density at radius 1 is 1.67 bits per heavy atom. The molecule has 3 N–H and O–H groups in total. The average Bonchev–Trinajstić information content (AvgIpc) is 2.65. The maximum Gasteiger partial charge on any atom is 0.351 e. The van der Waals surface area contributed by atoms with Gasteiger partial charge in [-0.3, -0.25) is 4.57 Å². The summed E-state index contributed by atoms with van der Waals surface area (Å²) in [7, 11) is 0. The van der Waals surface area contributed by atoms with E-state index in [9.17, 15) is 18.7 Å². The molecule has 116 valence electrons. The first kappa shape index (κ1) is 16.8. The Bertz CT molecular complexity index is 625. The molecule has 6 nitrogen and oxygen atoms in total. The third-order valence-corrected chi connectivity index (χ3v) is 4.17. The van der Waals surface area contributed by atoms with Crippen molar-refractivity contribution in [3.05, 3.63) is 27.2 Å². The summed E-state index contributed by atoms with van der Waals surface area (Å²) in [6, 6.07) is 0. The highest BCUT2D eigenvalue weighted by Crippen LogP contribution is 2.42. The summed E-state index contributed by atoms with van der Waals surface area (Å²) in [5, 5.41) is 9.60. The van der Waals surface area contributed by atoms with Crippen molar-refractivity contribution >= 4 is 50.4 Å². The maximum absolute atomic E-state index is 14.1. The Hall–Kier alpha value is -0.590. The van der Waals surface area contributed by atoms with Crippen LogP contribution in [0.4, 0.5) is 14.6 Å². The van der Waals surface area contributed by atoms with Crippen LogP contribution in [0.3, 0.4) is 0 Å². The van der Waals surface area contributed by atoms with Crippen molar-refractivity contribution in [3.63, 3.8) is 0 Å². The van der Waals surface area contributed by atoms with E-state index in [1.807, 2.05) is 22.6 Å². The normalized spacial score (nSPS) is 28.3. The topological polar surface area (TPSA) is 90.4 Å². The van der Waals surface area contributed by atoms with Crippen molar-refractivity contribution in [2.24, 2.45) is 0 Å². The van der Waals surface area contributed by atoms with Crippen molar-refractivity contribution in [2.45, 2.75) is 24.4 Å². The number of anilines is 1. The number of aliphatic hydroxyl groups is 1. The minimum atomic E-state index is -3.60. The Morgan fingerprint density at radius 3 is 2.86 bits per heavy atom. The minimum absolute atomic E-state index is 0.0840. The second-order valence-electron chi connectivity index (χ2n) is 4.36. The molecule has 1 fully saturated rings. The van der Waals surface area contributed by atoms with Crippen LogP contribution in [-0.4, -0.2) is 37.2 Å². The van der Waals surface area contributed by atoms with Crippen LogP contribution in [0.2, 0.25) is 0 Å². The average molecular weight is 478 g/mol. The number of nitrogen functional groups attached to an aromatic ring is 1. The summed E-state index contributed by atoms with van der Waals surface area (Å²) < 4.78 is 34.1. The van der Waals surface area contributed by atoms with Crippen LogP contribution in [0.25, 0.3) is 6.08 Å². The van der Waals surface area contributed by atoms with Gasteiger partial charge in [-0.1, -0.05) is 38.5 Å².